The molecule has 0 fully saturated rings. The number of aryl methyl sites for hydroxylation is 1. The molecule has 22 heavy (non-hydrogen) atoms. The molecule has 116 valence electrons. The highest BCUT2D eigenvalue weighted by Crippen LogP contribution is 2.25. The summed E-state index contributed by atoms with van der Waals surface area (Å²) < 4.78 is 20.4. The molecule has 1 aromatic carbocycles. The lowest BCUT2D eigenvalue weighted by Gasteiger charge is -2.08. The van der Waals surface area contributed by atoms with Crippen molar-refractivity contribution in [2.45, 2.75) is 20.4 Å². The highest BCUT2D eigenvalue weighted by Gasteiger charge is 2.16. The first-order chi connectivity index (χ1) is 10.4. The maximum absolute atomic E-state index is 13.0. The van der Waals surface area contributed by atoms with Gasteiger partial charge in [0, 0.05) is 23.5 Å². The number of hydrogen-bond donors (Lipinski definition) is 0. The molecule has 0 amide bonds. The lowest BCUT2D eigenvalue weighted by atomic mass is 10.1. The van der Waals surface area contributed by atoms with E-state index in [-0.39, 0.29) is 23.2 Å². The van der Waals surface area contributed by atoms with E-state index in [1.54, 1.807) is 6.08 Å². The fourth-order valence-electron chi connectivity index (χ4n) is 2.31. The van der Waals surface area contributed by atoms with Gasteiger partial charge >= 0.3 is 0 Å². The van der Waals surface area contributed by atoms with E-state index in [9.17, 15) is 9.18 Å². The van der Waals surface area contributed by atoms with Crippen LogP contribution in [0.3, 0.4) is 0 Å². The number of halogens is 2. The van der Waals surface area contributed by atoms with Crippen LogP contribution in [-0.2, 0) is 6.54 Å². The fraction of sp³-hybridized carbons (Fsp3) is 0.235. The number of aromatic nitrogens is 1. The number of nitrogens with zero attached hydrogens (tertiary/aromatic N) is 1. The molecule has 0 radical (unpaired) electrons. The van der Waals surface area contributed by atoms with Crippen LogP contribution >= 0.6 is 11.6 Å². The van der Waals surface area contributed by atoms with Crippen molar-refractivity contribution in [3.05, 3.63) is 64.7 Å². The summed E-state index contributed by atoms with van der Waals surface area (Å²) in [6, 6.07) is 5.63. The number of hydrogen-bond acceptors (Lipinski definition) is 2. The van der Waals surface area contributed by atoms with E-state index in [1.165, 1.54) is 12.1 Å². The second-order valence-electron chi connectivity index (χ2n) is 4.97. The van der Waals surface area contributed by atoms with Crippen LogP contribution in [0.2, 0.25) is 5.02 Å². The van der Waals surface area contributed by atoms with E-state index in [0.717, 1.165) is 17.5 Å². The number of allylic oxidation sites excluding steroid dienone is 1. The fourth-order valence-corrected chi connectivity index (χ4v) is 2.53. The van der Waals surface area contributed by atoms with Gasteiger partial charge in [-0.25, -0.2) is 4.39 Å². The number of carbonyl (C=O) groups excluding carboxylic acids is 1. The van der Waals surface area contributed by atoms with Crippen LogP contribution in [0.4, 0.5) is 4.39 Å². The normalized spacial score (nSPS) is 10.5. The predicted octanol–water partition coefficient (Wildman–Crippen LogP) is 4.35. The van der Waals surface area contributed by atoms with Crippen LogP contribution in [0.5, 0.6) is 5.75 Å². The highest BCUT2D eigenvalue weighted by molar-refractivity contribution is 6.32. The number of rotatable bonds is 6. The monoisotopic (exact) mass is 321 g/mol. The molecule has 0 aliphatic heterocycles. The second-order valence-corrected chi connectivity index (χ2v) is 5.38. The first-order valence-corrected chi connectivity index (χ1v) is 7.20. The summed E-state index contributed by atoms with van der Waals surface area (Å²) >= 11 is 5.87. The van der Waals surface area contributed by atoms with Crippen molar-refractivity contribution in [3.8, 4) is 5.75 Å². The Labute approximate surface area is 134 Å². The summed E-state index contributed by atoms with van der Waals surface area (Å²) in [6.07, 6.45) is 1.78. The smallest absolute Gasteiger partial charge is 0.202 e. The molecule has 0 aliphatic carbocycles. The zero-order valence-electron chi connectivity index (χ0n) is 12.5. The standard InChI is InChI=1S/C17H17ClFNO2/c1-4-7-20-11(2)8-14(12(20)3)16(21)10-22-17-6-5-13(19)9-15(17)18/h4-6,8-9H,1,7,10H2,2-3H3. The number of benzene rings is 1. The molecule has 1 aromatic heterocycles. The molecular weight excluding hydrogens is 305 g/mol. The molecule has 2 aromatic rings. The highest BCUT2D eigenvalue weighted by atomic mass is 35.5. The molecule has 3 nitrogen and oxygen atoms in total. The Kier molecular flexibility index (Phi) is 5.03. The Balaban J connectivity index is 2.13. The Bertz CT molecular complexity index is 722. The molecule has 0 saturated heterocycles. The lowest BCUT2D eigenvalue weighted by molar-refractivity contribution is 0.0921. The van der Waals surface area contributed by atoms with Crippen LogP contribution in [0.1, 0.15) is 21.7 Å². The van der Waals surface area contributed by atoms with Crippen LogP contribution in [0.25, 0.3) is 0 Å². The zero-order chi connectivity index (χ0) is 16.3. The molecule has 5 heteroatoms. The van der Waals surface area contributed by atoms with Crippen molar-refractivity contribution in [3.63, 3.8) is 0 Å². The Hall–Kier alpha value is -2.07. The SMILES string of the molecule is C=CCn1c(C)cc(C(=O)COc2ccc(F)cc2Cl)c1C. The van der Waals surface area contributed by atoms with E-state index in [2.05, 4.69) is 6.58 Å². The molecule has 0 bridgehead atoms. The molecular formula is C17H17ClFNO2. The molecule has 0 unspecified atom stereocenters. The third-order valence-electron chi connectivity index (χ3n) is 3.44. The summed E-state index contributed by atoms with van der Waals surface area (Å²) in [5.74, 6) is -0.309. The van der Waals surface area contributed by atoms with Crippen molar-refractivity contribution in [1.82, 2.24) is 4.57 Å². The Morgan fingerprint density at radius 3 is 2.77 bits per heavy atom. The quantitative estimate of drug-likeness (QED) is 0.585. The maximum atomic E-state index is 13.0. The molecule has 0 N–H and O–H groups in total. The number of carbonyl (C=O) groups is 1. The number of Topliss-reactive ketones (excluding diaryl/α,β-unsaturated/α-hetero) is 1. The number of ketones is 1. The van der Waals surface area contributed by atoms with Gasteiger partial charge in [0.15, 0.2) is 6.61 Å². The van der Waals surface area contributed by atoms with Gasteiger partial charge in [-0.15, -0.1) is 6.58 Å². The molecule has 0 spiro atoms. The minimum absolute atomic E-state index is 0.143. The Morgan fingerprint density at radius 2 is 2.14 bits per heavy atom. The number of ether oxygens (including phenoxy) is 1. The lowest BCUT2D eigenvalue weighted by Crippen LogP contribution is -2.13. The molecule has 1 heterocycles. The average molecular weight is 322 g/mol. The van der Waals surface area contributed by atoms with Gasteiger partial charge < -0.3 is 9.30 Å². The third-order valence-corrected chi connectivity index (χ3v) is 3.73. The van der Waals surface area contributed by atoms with Gasteiger partial charge in [0.05, 0.1) is 5.02 Å². The van der Waals surface area contributed by atoms with Gasteiger partial charge in [0.2, 0.25) is 5.78 Å². The van der Waals surface area contributed by atoms with E-state index in [1.807, 2.05) is 24.5 Å². The van der Waals surface area contributed by atoms with E-state index in [0.29, 0.717) is 12.1 Å². The first-order valence-electron chi connectivity index (χ1n) is 6.82. The molecule has 0 saturated carbocycles. The van der Waals surface area contributed by atoms with E-state index in [4.69, 9.17) is 16.3 Å². The average Bonchev–Trinajstić information content (AvgIpc) is 2.74. The van der Waals surface area contributed by atoms with Crippen LogP contribution in [0.15, 0.2) is 36.9 Å². The van der Waals surface area contributed by atoms with Crippen LogP contribution < -0.4 is 4.74 Å². The van der Waals surface area contributed by atoms with E-state index >= 15 is 0 Å². The van der Waals surface area contributed by atoms with Crippen molar-refractivity contribution in [2.75, 3.05) is 6.61 Å². The first kappa shape index (κ1) is 16.3. The van der Waals surface area contributed by atoms with E-state index < -0.39 is 5.82 Å². The third kappa shape index (κ3) is 3.39. The van der Waals surface area contributed by atoms with Gasteiger partial charge in [-0.05, 0) is 38.1 Å². The summed E-state index contributed by atoms with van der Waals surface area (Å²) in [4.78, 5) is 12.3. The van der Waals surface area contributed by atoms with Gasteiger partial charge in [-0.3, -0.25) is 4.79 Å². The topological polar surface area (TPSA) is 31.2 Å². The van der Waals surface area contributed by atoms with Gasteiger partial charge in [-0.1, -0.05) is 17.7 Å². The molecule has 2 rings (SSSR count). The summed E-state index contributed by atoms with van der Waals surface area (Å²) in [7, 11) is 0. The summed E-state index contributed by atoms with van der Waals surface area (Å²) in [6.45, 7) is 8.03. The minimum atomic E-state index is -0.448. The van der Waals surface area contributed by atoms with Gasteiger partial charge in [0.1, 0.15) is 11.6 Å². The summed E-state index contributed by atoms with van der Waals surface area (Å²) in [5.41, 5.74) is 2.47. The predicted molar refractivity (Wildman–Crippen MR) is 85.3 cm³/mol. The molecule has 0 aliphatic rings. The Morgan fingerprint density at radius 1 is 1.41 bits per heavy atom. The second kappa shape index (κ2) is 6.79. The van der Waals surface area contributed by atoms with Crippen molar-refractivity contribution < 1.29 is 13.9 Å². The van der Waals surface area contributed by atoms with Crippen molar-refractivity contribution >= 4 is 17.4 Å². The van der Waals surface area contributed by atoms with Crippen molar-refractivity contribution in [1.29, 1.82) is 0 Å². The molecule has 0 atom stereocenters. The van der Waals surface area contributed by atoms with Crippen molar-refractivity contribution in [2.24, 2.45) is 0 Å². The van der Waals surface area contributed by atoms with Crippen LogP contribution in [0, 0.1) is 19.7 Å². The van der Waals surface area contributed by atoms with Crippen LogP contribution in [-0.4, -0.2) is 17.0 Å². The summed E-state index contributed by atoms with van der Waals surface area (Å²) in [5, 5.41) is 0.143. The van der Waals surface area contributed by atoms with Gasteiger partial charge in [0.25, 0.3) is 0 Å². The van der Waals surface area contributed by atoms with Gasteiger partial charge in [-0.2, -0.15) is 0 Å². The maximum Gasteiger partial charge on any atom is 0.202 e. The largest absolute Gasteiger partial charge is 0.484 e. The zero-order valence-corrected chi connectivity index (χ0v) is 13.3. The minimum Gasteiger partial charge on any atom is -0.484 e.